The first-order valence-corrected chi connectivity index (χ1v) is 6.99. The van der Waals surface area contributed by atoms with Gasteiger partial charge in [0.05, 0.1) is 17.6 Å². The first-order valence-electron chi connectivity index (χ1n) is 6.99. The average Bonchev–Trinajstić information content (AvgIpc) is 2.16. The monoisotopic (exact) mass is 302 g/mol. The molecule has 7 nitrogen and oxygen atoms in total. The summed E-state index contributed by atoms with van der Waals surface area (Å²) in [5.74, 6) is -0.943. The summed E-state index contributed by atoms with van der Waals surface area (Å²) in [7, 11) is 0. The van der Waals surface area contributed by atoms with Crippen molar-refractivity contribution in [2.45, 2.75) is 57.8 Å². The number of carbonyl (C=O) groups is 2. The molecule has 0 radical (unpaired) electrons. The fourth-order valence-electron chi connectivity index (χ4n) is 2.12. The third-order valence-electron chi connectivity index (χ3n) is 3.02. The van der Waals surface area contributed by atoms with Gasteiger partial charge >= 0.3 is 12.1 Å². The molecule has 122 valence electrons. The van der Waals surface area contributed by atoms with Crippen LogP contribution in [-0.4, -0.2) is 63.6 Å². The summed E-state index contributed by atoms with van der Waals surface area (Å²) in [6.45, 7) is 9.37. The topological polar surface area (TPSA) is 99.1 Å². The minimum Gasteiger partial charge on any atom is -0.481 e. The Morgan fingerprint density at radius 3 is 2.14 bits per heavy atom. The zero-order valence-corrected chi connectivity index (χ0v) is 13.4. The summed E-state index contributed by atoms with van der Waals surface area (Å²) >= 11 is 0. The van der Waals surface area contributed by atoms with E-state index in [1.54, 1.807) is 34.6 Å². The van der Waals surface area contributed by atoms with Crippen LogP contribution in [0.5, 0.6) is 0 Å². The summed E-state index contributed by atoms with van der Waals surface area (Å²) in [5, 5.41) is 21.8. The number of rotatable bonds is 5. The molecule has 1 aliphatic rings. The third kappa shape index (κ3) is 5.89. The Balaban J connectivity index is 2.61. The first kappa shape index (κ1) is 17.7. The van der Waals surface area contributed by atoms with Gasteiger partial charge in [-0.3, -0.25) is 4.79 Å². The lowest BCUT2D eigenvalue weighted by molar-refractivity contribution is -0.141. The third-order valence-corrected chi connectivity index (χ3v) is 3.02. The van der Waals surface area contributed by atoms with Crippen molar-refractivity contribution in [2.75, 3.05) is 19.6 Å². The molecule has 0 aliphatic carbocycles. The number of β-amino-alcohol motifs (C(OH)–C–C–N with tert-alkyl or cyclic N) is 1. The lowest BCUT2D eigenvalue weighted by Gasteiger charge is -2.50. The van der Waals surface area contributed by atoms with Crippen LogP contribution < -0.4 is 5.32 Å². The van der Waals surface area contributed by atoms with Crippen LogP contribution in [-0.2, 0) is 9.53 Å². The molecule has 1 fully saturated rings. The van der Waals surface area contributed by atoms with E-state index in [1.807, 2.05) is 0 Å². The molecular formula is C14H26N2O5. The molecule has 1 amide bonds. The highest BCUT2D eigenvalue weighted by molar-refractivity contribution is 5.73. The number of aliphatic hydroxyl groups is 1. The minimum atomic E-state index is -0.947. The normalized spacial score (nSPS) is 18.1. The van der Waals surface area contributed by atoms with Gasteiger partial charge in [-0.2, -0.15) is 0 Å². The highest BCUT2D eigenvalue weighted by Crippen LogP contribution is 2.27. The van der Waals surface area contributed by atoms with Crippen LogP contribution in [0.15, 0.2) is 0 Å². The molecule has 1 rings (SSSR count). The van der Waals surface area contributed by atoms with Crippen molar-refractivity contribution in [1.29, 1.82) is 0 Å². The summed E-state index contributed by atoms with van der Waals surface area (Å²) in [5.41, 5.74) is -2.23. The fourth-order valence-corrected chi connectivity index (χ4v) is 2.12. The smallest absolute Gasteiger partial charge is 0.410 e. The Kier molecular flexibility index (Phi) is 4.90. The van der Waals surface area contributed by atoms with Crippen molar-refractivity contribution in [3.63, 3.8) is 0 Å². The Labute approximate surface area is 125 Å². The van der Waals surface area contributed by atoms with Crippen molar-refractivity contribution in [3.8, 4) is 0 Å². The lowest BCUT2D eigenvalue weighted by atomic mass is 9.85. The van der Waals surface area contributed by atoms with Crippen molar-refractivity contribution in [3.05, 3.63) is 0 Å². The number of carbonyl (C=O) groups excluding carboxylic acids is 1. The summed E-state index contributed by atoms with van der Waals surface area (Å²) < 4.78 is 5.25. The van der Waals surface area contributed by atoms with Gasteiger partial charge in [-0.05, 0) is 34.6 Å². The largest absolute Gasteiger partial charge is 0.481 e. The molecule has 1 saturated heterocycles. The standard InChI is InChI=1S/C14H26N2O5/c1-12(2,3)21-11(19)16-8-14(9-16,6-10(17)18)15-7-13(4,5)20/h15,20H,6-9H2,1-5H3,(H,17,18). The number of likely N-dealkylation sites (tertiary alicyclic amines) is 1. The van der Waals surface area contributed by atoms with Gasteiger partial charge in [-0.1, -0.05) is 0 Å². The maximum atomic E-state index is 11.9. The number of carboxylic acids is 1. The SMILES string of the molecule is CC(C)(O)CNC1(CC(=O)O)CN(C(=O)OC(C)(C)C)C1. The summed E-state index contributed by atoms with van der Waals surface area (Å²) in [4.78, 5) is 24.4. The Bertz CT molecular complexity index is 403. The maximum absolute atomic E-state index is 11.9. The fraction of sp³-hybridized carbons (Fsp3) is 0.857. The number of aliphatic carboxylic acids is 1. The number of amides is 1. The average molecular weight is 302 g/mol. The van der Waals surface area contributed by atoms with E-state index in [0.29, 0.717) is 0 Å². The number of ether oxygens (including phenoxy) is 1. The molecular weight excluding hydrogens is 276 g/mol. The molecule has 0 aromatic rings. The maximum Gasteiger partial charge on any atom is 0.410 e. The quantitative estimate of drug-likeness (QED) is 0.695. The van der Waals surface area contributed by atoms with Gasteiger partial charge in [-0.15, -0.1) is 0 Å². The highest BCUT2D eigenvalue weighted by atomic mass is 16.6. The van der Waals surface area contributed by atoms with Crippen LogP contribution >= 0.6 is 0 Å². The summed E-state index contributed by atoms with van der Waals surface area (Å²) in [6, 6.07) is 0. The Morgan fingerprint density at radius 1 is 1.24 bits per heavy atom. The van der Waals surface area contributed by atoms with Crippen molar-refractivity contribution in [2.24, 2.45) is 0 Å². The number of carboxylic acid groups (broad SMARTS) is 1. The van der Waals surface area contributed by atoms with Gasteiger partial charge in [0.25, 0.3) is 0 Å². The zero-order chi connectivity index (χ0) is 16.5. The predicted molar refractivity (Wildman–Crippen MR) is 77.1 cm³/mol. The molecule has 0 spiro atoms. The van der Waals surface area contributed by atoms with Gasteiger partial charge in [0.1, 0.15) is 5.60 Å². The summed E-state index contributed by atoms with van der Waals surface area (Å²) in [6.07, 6.45) is -0.559. The predicted octanol–water partition coefficient (Wildman–Crippen LogP) is 0.811. The number of nitrogens with one attached hydrogen (secondary N) is 1. The molecule has 1 heterocycles. The van der Waals surface area contributed by atoms with Gasteiger partial charge in [0.15, 0.2) is 0 Å². The molecule has 7 heteroatoms. The first-order chi connectivity index (χ1) is 9.32. The number of hydrogen-bond acceptors (Lipinski definition) is 5. The van der Waals surface area contributed by atoms with E-state index in [2.05, 4.69) is 5.32 Å². The van der Waals surface area contributed by atoms with E-state index in [9.17, 15) is 14.7 Å². The van der Waals surface area contributed by atoms with Crippen LogP contribution in [0, 0.1) is 0 Å². The second kappa shape index (κ2) is 5.81. The van der Waals surface area contributed by atoms with E-state index in [-0.39, 0.29) is 26.1 Å². The van der Waals surface area contributed by atoms with E-state index in [0.717, 1.165) is 0 Å². The van der Waals surface area contributed by atoms with Crippen molar-refractivity contribution < 1.29 is 24.5 Å². The van der Waals surface area contributed by atoms with Crippen LogP contribution in [0.4, 0.5) is 4.79 Å². The van der Waals surface area contributed by atoms with Crippen LogP contribution in [0.2, 0.25) is 0 Å². The van der Waals surface area contributed by atoms with Crippen LogP contribution in [0.3, 0.4) is 0 Å². The Hall–Kier alpha value is -1.34. The van der Waals surface area contributed by atoms with E-state index in [1.165, 1.54) is 4.90 Å². The molecule has 0 aromatic heterocycles. The van der Waals surface area contributed by atoms with Crippen molar-refractivity contribution in [1.82, 2.24) is 10.2 Å². The number of nitrogens with zero attached hydrogens (tertiary/aromatic N) is 1. The molecule has 0 saturated carbocycles. The van der Waals surface area contributed by atoms with Crippen molar-refractivity contribution >= 4 is 12.1 Å². The van der Waals surface area contributed by atoms with Gasteiger partial charge in [-0.25, -0.2) is 4.79 Å². The number of hydrogen-bond donors (Lipinski definition) is 3. The lowest BCUT2D eigenvalue weighted by Crippen LogP contribution is -2.72. The zero-order valence-electron chi connectivity index (χ0n) is 13.4. The van der Waals surface area contributed by atoms with E-state index in [4.69, 9.17) is 9.84 Å². The molecule has 3 N–H and O–H groups in total. The van der Waals surface area contributed by atoms with Crippen LogP contribution in [0.25, 0.3) is 0 Å². The second-order valence-electron chi connectivity index (χ2n) is 7.35. The van der Waals surface area contributed by atoms with Gasteiger partial charge in [0, 0.05) is 19.6 Å². The molecule has 0 aromatic carbocycles. The van der Waals surface area contributed by atoms with E-state index < -0.39 is 28.8 Å². The molecule has 1 aliphatic heterocycles. The second-order valence-corrected chi connectivity index (χ2v) is 7.35. The molecule has 0 bridgehead atoms. The Morgan fingerprint density at radius 2 is 1.76 bits per heavy atom. The molecule has 21 heavy (non-hydrogen) atoms. The highest BCUT2D eigenvalue weighted by Gasteiger charge is 2.48. The minimum absolute atomic E-state index is 0.109. The van der Waals surface area contributed by atoms with Crippen LogP contribution in [0.1, 0.15) is 41.0 Å². The molecule has 0 atom stereocenters. The van der Waals surface area contributed by atoms with E-state index >= 15 is 0 Å². The molecule has 0 unspecified atom stereocenters. The van der Waals surface area contributed by atoms with Gasteiger partial charge < -0.3 is 25.2 Å². The van der Waals surface area contributed by atoms with Gasteiger partial charge in [0.2, 0.25) is 0 Å².